The summed E-state index contributed by atoms with van der Waals surface area (Å²) in [5.74, 6) is 0.587. The second-order valence-electron chi connectivity index (χ2n) is 6.60. The number of benzene rings is 2. The third-order valence-electron chi connectivity index (χ3n) is 4.71. The highest BCUT2D eigenvalue weighted by Crippen LogP contribution is 2.37. The van der Waals surface area contributed by atoms with Gasteiger partial charge >= 0.3 is 5.97 Å². The van der Waals surface area contributed by atoms with E-state index >= 15 is 0 Å². The van der Waals surface area contributed by atoms with Crippen molar-refractivity contribution in [1.29, 1.82) is 0 Å². The summed E-state index contributed by atoms with van der Waals surface area (Å²) < 4.78 is 43.5. The Morgan fingerprint density at radius 1 is 1.10 bits per heavy atom. The van der Waals surface area contributed by atoms with Crippen LogP contribution in [0.4, 0.5) is 0 Å². The Labute approximate surface area is 175 Å². The molecule has 0 amide bonds. The number of halogens is 1. The Morgan fingerprint density at radius 3 is 2.38 bits per heavy atom. The molecule has 1 aliphatic rings. The van der Waals surface area contributed by atoms with Crippen molar-refractivity contribution >= 4 is 27.6 Å². The molecule has 0 aromatic heterocycles. The van der Waals surface area contributed by atoms with Crippen molar-refractivity contribution in [2.45, 2.75) is 30.3 Å². The molecule has 0 N–H and O–H groups in total. The molecule has 0 unspecified atom stereocenters. The lowest BCUT2D eigenvalue weighted by molar-refractivity contribution is 0.0600. The Morgan fingerprint density at radius 2 is 1.83 bits per heavy atom. The predicted molar refractivity (Wildman–Crippen MR) is 108 cm³/mol. The monoisotopic (exact) mass is 439 g/mol. The fourth-order valence-corrected chi connectivity index (χ4v) is 5.21. The Bertz CT molecular complexity index is 1020. The van der Waals surface area contributed by atoms with E-state index in [9.17, 15) is 13.2 Å². The fourth-order valence-electron chi connectivity index (χ4n) is 3.03. The van der Waals surface area contributed by atoms with E-state index in [2.05, 4.69) is 4.74 Å². The molecule has 2 aromatic rings. The third-order valence-corrected chi connectivity index (χ3v) is 7.09. The van der Waals surface area contributed by atoms with Gasteiger partial charge in [-0.25, -0.2) is 13.2 Å². The summed E-state index contributed by atoms with van der Waals surface area (Å²) in [6.45, 7) is 0.114. The van der Waals surface area contributed by atoms with Gasteiger partial charge in [0.25, 0.3) is 0 Å². The molecule has 0 atom stereocenters. The number of hydrogen-bond acceptors (Lipinski definition) is 6. The molecule has 29 heavy (non-hydrogen) atoms. The van der Waals surface area contributed by atoms with E-state index < -0.39 is 16.0 Å². The molecule has 2 aromatic carbocycles. The first-order chi connectivity index (χ1) is 13.8. The van der Waals surface area contributed by atoms with Gasteiger partial charge in [-0.1, -0.05) is 11.6 Å². The fraction of sp³-hybridized carbons (Fsp3) is 0.350. The number of methoxy groups -OCH3 is 3. The second-order valence-corrected chi connectivity index (χ2v) is 8.86. The molecule has 7 nitrogen and oxygen atoms in total. The van der Waals surface area contributed by atoms with Gasteiger partial charge in [0.15, 0.2) is 0 Å². The molecule has 3 rings (SSSR count). The minimum atomic E-state index is -3.91. The van der Waals surface area contributed by atoms with Crippen LogP contribution in [0.1, 0.15) is 28.8 Å². The number of ether oxygens (including phenoxy) is 3. The molecule has 1 saturated carbocycles. The van der Waals surface area contributed by atoms with Crippen LogP contribution in [-0.2, 0) is 21.3 Å². The maximum Gasteiger partial charge on any atom is 0.337 e. The molecular weight excluding hydrogens is 418 g/mol. The average Bonchev–Trinajstić information content (AvgIpc) is 3.55. The predicted octanol–water partition coefficient (Wildman–Crippen LogP) is 3.50. The van der Waals surface area contributed by atoms with Crippen LogP contribution >= 0.6 is 11.6 Å². The largest absolute Gasteiger partial charge is 0.497 e. The van der Waals surface area contributed by atoms with Crippen molar-refractivity contribution in [2.24, 2.45) is 0 Å². The zero-order valence-corrected chi connectivity index (χ0v) is 17.9. The second kappa shape index (κ2) is 8.61. The van der Waals surface area contributed by atoms with Gasteiger partial charge in [0, 0.05) is 18.2 Å². The first-order valence-electron chi connectivity index (χ1n) is 8.92. The number of esters is 1. The zero-order valence-electron chi connectivity index (χ0n) is 16.3. The highest BCUT2D eigenvalue weighted by atomic mass is 35.5. The number of carbonyl (C=O) groups is 1. The SMILES string of the molecule is COC(=O)c1ccc(S(=O)(=O)N(Cc2cc(OC)ccc2OC)C2CC2)c(Cl)c1. The molecule has 156 valence electrons. The van der Waals surface area contributed by atoms with E-state index in [0.717, 1.165) is 12.8 Å². The molecule has 1 fully saturated rings. The summed E-state index contributed by atoms with van der Waals surface area (Å²) >= 11 is 6.24. The van der Waals surface area contributed by atoms with E-state index in [0.29, 0.717) is 17.1 Å². The van der Waals surface area contributed by atoms with Crippen LogP contribution in [0.5, 0.6) is 11.5 Å². The van der Waals surface area contributed by atoms with Crippen molar-refractivity contribution in [3.8, 4) is 11.5 Å². The number of sulfonamides is 1. The third kappa shape index (κ3) is 4.49. The molecule has 0 heterocycles. The van der Waals surface area contributed by atoms with Crippen LogP contribution in [0, 0.1) is 0 Å². The number of hydrogen-bond donors (Lipinski definition) is 0. The minimum absolute atomic E-state index is 0.0313. The van der Waals surface area contributed by atoms with E-state index in [1.807, 2.05) is 0 Å². The Hall–Kier alpha value is -2.29. The summed E-state index contributed by atoms with van der Waals surface area (Å²) in [5.41, 5.74) is 0.869. The normalized spacial score (nSPS) is 14.0. The number of rotatable bonds is 8. The molecule has 0 aliphatic heterocycles. The first kappa shape index (κ1) is 21.4. The molecule has 1 aliphatic carbocycles. The van der Waals surface area contributed by atoms with Crippen molar-refractivity contribution in [2.75, 3.05) is 21.3 Å². The van der Waals surface area contributed by atoms with Gasteiger partial charge in [0.1, 0.15) is 16.4 Å². The van der Waals surface area contributed by atoms with Crippen molar-refractivity contribution in [1.82, 2.24) is 4.31 Å². The summed E-state index contributed by atoms with van der Waals surface area (Å²) in [5, 5.41) is -0.0313. The first-order valence-corrected chi connectivity index (χ1v) is 10.7. The molecule has 0 bridgehead atoms. The van der Waals surface area contributed by atoms with Crippen LogP contribution in [0.25, 0.3) is 0 Å². The van der Waals surface area contributed by atoms with Gasteiger partial charge in [-0.2, -0.15) is 4.31 Å². The maximum atomic E-state index is 13.4. The van der Waals surface area contributed by atoms with E-state index in [-0.39, 0.29) is 28.1 Å². The molecule has 0 spiro atoms. The van der Waals surface area contributed by atoms with Crippen LogP contribution in [0.3, 0.4) is 0 Å². The highest BCUT2D eigenvalue weighted by molar-refractivity contribution is 7.89. The van der Waals surface area contributed by atoms with Gasteiger partial charge in [-0.15, -0.1) is 0 Å². The number of nitrogens with zero attached hydrogens (tertiary/aromatic N) is 1. The van der Waals surface area contributed by atoms with Crippen LogP contribution in [0.15, 0.2) is 41.3 Å². The van der Waals surface area contributed by atoms with E-state index in [1.165, 1.54) is 36.7 Å². The van der Waals surface area contributed by atoms with Crippen molar-refractivity contribution in [3.05, 3.63) is 52.5 Å². The van der Waals surface area contributed by atoms with Crippen LogP contribution < -0.4 is 9.47 Å². The lowest BCUT2D eigenvalue weighted by Crippen LogP contribution is -2.33. The van der Waals surface area contributed by atoms with Gasteiger partial charge in [-0.3, -0.25) is 0 Å². The standard InChI is InChI=1S/C20H22ClNO6S/c1-26-16-7-8-18(27-2)14(10-16)12-22(15-5-6-15)29(24,25)19-9-4-13(11-17(19)21)20(23)28-3/h4,7-11,15H,5-6,12H2,1-3H3. The van der Waals surface area contributed by atoms with Crippen molar-refractivity contribution < 1.29 is 27.4 Å². The van der Waals surface area contributed by atoms with Gasteiger partial charge < -0.3 is 14.2 Å². The molecule has 0 radical (unpaired) electrons. The van der Waals surface area contributed by atoms with Gasteiger partial charge in [0.05, 0.1) is 31.9 Å². The van der Waals surface area contributed by atoms with Crippen LogP contribution in [0.2, 0.25) is 5.02 Å². The summed E-state index contributed by atoms with van der Waals surface area (Å²) in [7, 11) is 0.416. The molecule has 0 saturated heterocycles. The lowest BCUT2D eigenvalue weighted by Gasteiger charge is -2.24. The van der Waals surface area contributed by atoms with Gasteiger partial charge in [0.2, 0.25) is 10.0 Å². The average molecular weight is 440 g/mol. The Kier molecular flexibility index (Phi) is 6.36. The van der Waals surface area contributed by atoms with Crippen molar-refractivity contribution in [3.63, 3.8) is 0 Å². The molecule has 9 heteroatoms. The minimum Gasteiger partial charge on any atom is -0.497 e. The summed E-state index contributed by atoms with van der Waals surface area (Å²) in [6, 6.07) is 9.16. The number of carbonyl (C=O) groups excluding carboxylic acids is 1. The topological polar surface area (TPSA) is 82.1 Å². The summed E-state index contributed by atoms with van der Waals surface area (Å²) in [6.07, 6.45) is 1.53. The zero-order chi connectivity index (χ0) is 21.2. The smallest absolute Gasteiger partial charge is 0.337 e. The summed E-state index contributed by atoms with van der Waals surface area (Å²) in [4.78, 5) is 11.6. The van der Waals surface area contributed by atoms with Gasteiger partial charge in [-0.05, 0) is 49.2 Å². The van der Waals surface area contributed by atoms with Crippen LogP contribution in [-0.4, -0.2) is 46.1 Å². The maximum absolute atomic E-state index is 13.4. The lowest BCUT2D eigenvalue weighted by atomic mass is 10.2. The molecular formula is C20H22ClNO6S. The van der Waals surface area contributed by atoms with E-state index in [4.69, 9.17) is 21.1 Å². The quantitative estimate of drug-likeness (QED) is 0.585. The highest BCUT2D eigenvalue weighted by Gasteiger charge is 2.39. The van der Waals surface area contributed by atoms with E-state index in [1.54, 1.807) is 25.3 Å². The Balaban J connectivity index is 1.98.